The molecule has 1 aromatic heterocycles. The second-order valence-corrected chi connectivity index (χ2v) is 4.41. The van der Waals surface area contributed by atoms with E-state index in [2.05, 4.69) is 15.5 Å². The minimum absolute atomic E-state index is 0.0744. The third-order valence-electron chi connectivity index (χ3n) is 3.07. The number of aromatic nitrogens is 2. The second kappa shape index (κ2) is 4.30. The maximum Gasteiger partial charge on any atom is 0.272 e. The minimum atomic E-state index is -0.192. The van der Waals surface area contributed by atoms with E-state index in [-0.39, 0.29) is 11.9 Å². The van der Waals surface area contributed by atoms with Crippen LogP contribution in [-0.4, -0.2) is 35.4 Å². The van der Waals surface area contributed by atoms with Gasteiger partial charge in [-0.15, -0.1) is 0 Å². The number of hydrogen-bond donors (Lipinski definition) is 3. The van der Waals surface area contributed by atoms with Gasteiger partial charge in [-0.3, -0.25) is 9.89 Å². The van der Waals surface area contributed by atoms with Gasteiger partial charge in [0.1, 0.15) is 0 Å². The Morgan fingerprint density at radius 2 is 2.44 bits per heavy atom. The molecule has 0 aliphatic carbocycles. The predicted octanol–water partition coefficient (Wildman–Crippen LogP) is 0.664. The van der Waals surface area contributed by atoms with E-state index in [9.17, 15) is 4.79 Å². The molecular weight excluding hydrogens is 232 g/mol. The van der Waals surface area contributed by atoms with Gasteiger partial charge in [0.25, 0.3) is 5.91 Å². The maximum atomic E-state index is 12.1. The number of nitrogens with zero attached hydrogens (tertiary/aromatic N) is 1. The van der Waals surface area contributed by atoms with Crippen molar-refractivity contribution >= 4 is 22.5 Å². The van der Waals surface area contributed by atoms with Crippen LogP contribution in [0.15, 0.2) is 18.2 Å². The molecular formula is C12H14N4O2. The van der Waals surface area contributed by atoms with E-state index in [1.807, 2.05) is 6.07 Å². The number of nitrogens with two attached hydrogens (primary N) is 1. The Balaban J connectivity index is 1.88. The number of rotatable bonds is 2. The van der Waals surface area contributed by atoms with Crippen molar-refractivity contribution in [3.63, 3.8) is 0 Å². The van der Waals surface area contributed by atoms with Gasteiger partial charge < -0.3 is 15.8 Å². The van der Waals surface area contributed by atoms with E-state index in [4.69, 9.17) is 10.5 Å². The number of amides is 1. The molecule has 3 rings (SSSR count). The summed E-state index contributed by atoms with van der Waals surface area (Å²) in [5, 5.41) is 10.5. The third kappa shape index (κ3) is 1.91. The van der Waals surface area contributed by atoms with Gasteiger partial charge in [0.2, 0.25) is 0 Å². The van der Waals surface area contributed by atoms with Crippen molar-refractivity contribution in [1.29, 1.82) is 0 Å². The zero-order valence-electron chi connectivity index (χ0n) is 9.77. The van der Waals surface area contributed by atoms with Crippen molar-refractivity contribution in [2.45, 2.75) is 12.5 Å². The number of aromatic amines is 1. The average molecular weight is 246 g/mol. The fourth-order valence-electron chi connectivity index (χ4n) is 2.11. The first kappa shape index (κ1) is 11.0. The SMILES string of the molecule is Nc1ccc2[nH]nc(C(=O)NC3CCOC3)c2c1. The first-order valence-corrected chi connectivity index (χ1v) is 5.86. The summed E-state index contributed by atoms with van der Waals surface area (Å²) in [6.45, 7) is 1.26. The molecule has 94 valence electrons. The van der Waals surface area contributed by atoms with Gasteiger partial charge in [-0.05, 0) is 24.6 Å². The predicted molar refractivity (Wildman–Crippen MR) is 67.2 cm³/mol. The van der Waals surface area contributed by atoms with E-state index in [1.54, 1.807) is 12.1 Å². The summed E-state index contributed by atoms with van der Waals surface area (Å²) in [7, 11) is 0. The number of nitrogen functional groups attached to an aromatic ring is 1. The van der Waals surface area contributed by atoms with Crippen LogP contribution in [0.4, 0.5) is 5.69 Å². The van der Waals surface area contributed by atoms with Gasteiger partial charge in [-0.1, -0.05) is 0 Å². The van der Waals surface area contributed by atoms with E-state index in [0.29, 0.717) is 24.6 Å². The van der Waals surface area contributed by atoms with Gasteiger partial charge in [-0.2, -0.15) is 5.10 Å². The highest BCUT2D eigenvalue weighted by atomic mass is 16.5. The average Bonchev–Trinajstić information content (AvgIpc) is 2.97. The van der Waals surface area contributed by atoms with Crippen LogP contribution in [0.5, 0.6) is 0 Å². The highest BCUT2D eigenvalue weighted by Crippen LogP contribution is 2.19. The smallest absolute Gasteiger partial charge is 0.272 e. The lowest BCUT2D eigenvalue weighted by molar-refractivity contribution is 0.0926. The third-order valence-corrected chi connectivity index (χ3v) is 3.07. The van der Waals surface area contributed by atoms with Crippen LogP contribution in [0.25, 0.3) is 10.9 Å². The first-order chi connectivity index (χ1) is 8.74. The summed E-state index contributed by atoms with van der Waals surface area (Å²) in [4.78, 5) is 12.1. The Morgan fingerprint density at radius 1 is 1.56 bits per heavy atom. The van der Waals surface area contributed by atoms with Crippen LogP contribution in [0.2, 0.25) is 0 Å². The number of benzene rings is 1. The van der Waals surface area contributed by atoms with E-state index in [0.717, 1.165) is 17.3 Å². The Labute approximate surface area is 103 Å². The van der Waals surface area contributed by atoms with Gasteiger partial charge in [0.05, 0.1) is 18.2 Å². The van der Waals surface area contributed by atoms with Crippen LogP contribution in [0.3, 0.4) is 0 Å². The van der Waals surface area contributed by atoms with Crippen molar-refractivity contribution in [3.05, 3.63) is 23.9 Å². The fourth-order valence-corrected chi connectivity index (χ4v) is 2.11. The number of anilines is 1. The van der Waals surface area contributed by atoms with Crippen LogP contribution < -0.4 is 11.1 Å². The van der Waals surface area contributed by atoms with Crippen LogP contribution in [-0.2, 0) is 4.74 Å². The van der Waals surface area contributed by atoms with Crippen LogP contribution >= 0.6 is 0 Å². The number of fused-ring (bicyclic) bond motifs is 1. The highest BCUT2D eigenvalue weighted by molar-refractivity contribution is 6.05. The van der Waals surface area contributed by atoms with E-state index in [1.165, 1.54) is 0 Å². The van der Waals surface area contributed by atoms with Gasteiger partial charge in [0, 0.05) is 17.7 Å². The number of ether oxygens (including phenoxy) is 1. The highest BCUT2D eigenvalue weighted by Gasteiger charge is 2.21. The molecule has 1 aliphatic heterocycles. The topological polar surface area (TPSA) is 93.0 Å². The Kier molecular flexibility index (Phi) is 2.64. The fraction of sp³-hybridized carbons (Fsp3) is 0.333. The largest absolute Gasteiger partial charge is 0.399 e. The molecule has 18 heavy (non-hydrogen) atoms. The van der Waals surface area contributed by atoms with Gasteiger partial charge in [-0.25, -0.2) is 0 Å². The van der Waals surface area contributed by atoms with Crippen molar-refractivity contribution in [2.24, 2.45) is 0 Å². The molecule has 4 N–H and O–H groups in total. The van der Waals surface area contributed by atoms with Gasteiger partial charge >= 0.3 is 0 Å². The quantitative estimate of drug-likeness (QED) is 0.679. The van der Waals surface area contributed by atoms with Crippen molar-refractivity contribution in [1.82, 2.24) is 15.5 Å². The molecule has 1 amide bonds. The molecule has 0 bridgehead atoms. The molecule has 2 aromatic rings. The number of H-pyrrole nitrogens is 1. The zero-order valence-corrected chi connectivity index (χ0v) is 9.77. The molecule has 6 heteroatoms. The summed E-state index contributed by atoms with van der Waals surface area (Å²) in [6.07, 6.45) is 0.843. The number of carbonyl (C=O) groups is 1. The Bertz CT molecular complexity index is 587. The lowest BCUT2D eigenvalue weighted by atomic mass is 10.1. The van der Waals surface area contributed by atoms with Crippen molar-refractivity contribution in [2.75, 3.05) is 18.9 Å². The summed E-state index contributed by atoms with van der Waals surface area (Å²) in [6, 6.07) is 5.41. The summed E-state index contributed by atoms with van der Waals surface area (Å²) >= 11 is 0. The molecule has 1 aliphatic rings. The number of hydrogen-bond acceptors (Lipinski definition) is 4. The molecule has 0 saturated carbocycles. The molecule has 1 unspecified atom stereocenters. The van der Waals surface area contributed by atoms with Crippen LogP contribution in [0.1, 0.15) is 16.9 Å². The molecule has 1 atom stereocenters. The maximum absolute atomic E-state index is 12.1. The number of carbonyl (C=O) groups excluding carboxylic acids is 1. The normalized spacial score (nSPS) is 19.2. The summed E-state index contributed by atoms with van der Waals surface area (Å²) in [5.41, 5.74) is 7.52. The monoisotopic (exact) mass is 246 g/mol. The van der Waals surface area contributed by atoms with E-state index >= 15 is 0 Å². The Hall–Kier alpha value is -2.08. The molecule has 2 heterocycles. The molecule has 6 nitrogen and oxygen atoms in total. The van der Waals surface area contributed by atoms with Crippen LogP contribution in [0, 0.1) is 0 Å². The van der Waals surface area contributed by atoms with Crippen molar-refractivity contribution < 1.29 is 9.53 Å². The number of nitrogens with one attached hydrogen (secondary N) is 2. The zero-order chi connectivity index (χ0) is 12.5. The van der Waals surface area contributed by atoms with Gasteiger partial charge in [0.15, 0.2) is 5.69 Å². The standard InChI is InChI=1S/C12H14N4O2/c13-7-1-2-10-9(5-7)11(16-15-10)12(17)14-8-3-4-18-6-8/h1-2,5,8H,3-4,6,13H2,(H,14,17)(H,15,16). The lowest BCUT2D eigenvalue weighted by Crippen LogP contribution is -2.35. The molecule has 1 aromatic carbocycles. The summed E-state index contributed by atoms with van der Waals surface area (Å²) in [5.74, 6) is -0.192. The minimum Gasteiger partial charge on any atom is -0.399 e. The Morgan fingerprint density at radius 3 is 3.22 bits per heavy atom. The lowest BCUT2D eigenvalue weighted by Gasteiger charge is -2.08. The molecule has 0 spiro atoms. The van der Waals surface area contributed by atoms with E-state index < -0.39 is 0 Å². The molecule has 0 radical (unpaired) electrons. The molecule has 1 fully saturated rings. The first-order valence-electron chi connectivity index (χ1n) is 5.86. The summed E-state index contributed by atoms with van der Waals surface area (Å²) < 4.78 is 5.22. The molecule has 1 saturated heterocycles. The van der Waals surface area contributed by atoms with Crippen molar-refractivity contribution in [3.8, 4) is 0 Å². The second-order valence-electron chi connectivity index (χ2n) is 4.41.